The van der Waals surface area contributed by atoms with Crippen molar-refractivity contribution in [1.82, 2.24) is 9.80 Å². The zero-order chi connectivity index (χ0) is 17.2. The highest BCUT2D eigenvalue weighted by atomic mass is 16.5. The monoisotopic (exact) mass is 338 g/mol. The number of aliphatic hydroxyl groups is 1. The third-order valence-corrected chi connectivity index (χ3v) is 6.15. The molecule has 2 heterocycles. The molecular weight excluding hydrogens is 308 g/mol. The lowest BCUT2D eigenvalue weighted by Crippen LogP contribution is -2.63. The summed E-state index contributed by atoms with van der Waals surface area (Å²) in [6.45, 7) is 4.87. The maximum atomic E-state index is 12.6. The highest BCUT2D eigenvalue weighted by molar-refractivity contribution is 5.85. The second-order valence-corrected chi connectivity index (χ2v) is 7.44. The van der Waals surface area contributed by atoms with Gasteiger partial charge in [-0.05, 0) is 32.6 Å². The Bertz CT molecular complexity index is 472. The van der Waals surface area contributed by atoms with Gasteiger partial charge in [0.15, 0.2) is 0 Å². The fourth-order valence-corrected chi connectivity index (χ4v) is 4.46. The molecule has 3 fully saturated rings. The number of hydrogen-bond donors (Lipinski definition) is 1. The second-order valence-electron chi connectivity index (χ2n) is 7.44. The minimum Gasteiger partial charge on any atom is -0.392 e. The van der Waals surface area contributed by atoms with Crippen molar-refractivity contribution in [3.8, 4) is 0 Å². The fourth-order valence-electron chi connectivity index (χ4n) is 4.46. The van der Waals surface area contributed by atoms with Crippen LogP contribution in [0.25, 0.3) is 0 Å². The van der Waals surface area contributed by atoms with Gasteiger partial charge in [-0.25, -0.2) is 0 Å². The van der Waals surface area contributed by atoms with Gasteiger partial charge in [-0.1, -0.05) is 6.42 Å². The van der Waals surface area contributed by atoms with Gasteiger partial charge >= 0.3 is 0 Å². The maximum absolute atomic E-state index is 12.6. The summed E-state index contributed by atoms with van der Waals surface area (Å²) in [4.78, 5) is 28.2. The second kappa shape index (κ2) is 7.40. The minimum atomic E-state index is -0.307. The first-order valence-electron chi connectivity index (χ1n) is 9.42. The van der Waals surface area contributed by atoms with Gasteiger partial charge in [0.1, 0.15) is 0 Å². The molecule has 2 aliphatic heterocycles. The van der Waals surface area contributed by atoms with Crippen LogP contribution in [0.3, 0.4) is 0 Å². The number of piperidine rings is 1. The number of carbonyl (C=O) groups excluding carboxylic acids is 2. The number of hydrogen-bond acceptors (Lipinski definition) is 4. The van der Waals surface area contributed by atoms with Gasteiger partial charge in [-0.2, -0.15) is 0 Å². The summed E-state index contributed by atoms with van der Waals surface area (Å²) in [6, 6.07) is 0. The van der Waals surface area contributed by atoms with Crippen molar-refractivity contribution in [3.05, 3.63) is 0 Å². The van der Waals surface area contributed by atoms with Crippen LogP contribution in [0.15, 0.2) is 0 Å². The average molecular weight is 338 g/mol. The third kappa shape index (κ3) is 3.31. The molecule has 0 aromatic carbocycles. The average Bonchev–Trinajstić information content (AvgIpc) is 2.79. The Labute approximate surface area is 144 Å². The van der Waals surface area contributed by atoms with E-state index >= 15 is 0 Å². The number of carbonyl (C=O) groups is 2. The Hall–Kier alpha value is -1.14. The van der Waals surface area contributed by atoms with Crippen LogP contribution in [0.5, 0.6) is 0 Å². The molecule has 24 heavy (non-hydrogen) atoms. The highest BCUT2D eigenvalue weighted by Gasteiger charge is 2.56. The Morgan fingerprint density at radius 3 is 2.67 bits per heavy atom. The molecule has 2 saturated heterocycles. The van der Waals surface area contributed by atoms with Crippen LogP contribution in [0.2, 0.25) is 0 Å². The fraction of sp³-hybridized carbons (Fsp3) is 0.889. The van der Waals surface area contributed by atoms with Crippen molar-refractivity contribution in [2.45, 2.75) is 64.1 Å². The molecule has 0 aromatic heterocycles. The van der Waals surface area contributed by atoms with E-state index in [2.05, 4.69) is 0 Å². The topological polar surface area (TPSA) is 70.1 Å². The molecule has 3 rings (SSSR count). The molecule has 3 aliphatic rings. The first-order valence-corrected chi connectivity index (χ1v) is 9.42. The Morgan fingerprint density at radius 2 is 2.00 bits per heavy atom. The highest BCUT2D eigenvalue weighted by Crippen LogP contribution is 2.50. The molecule has 1 N–H and O–H groups in total. The quantitative estimate of drug-likeness (QED) is 0.835. The van der Waals surface area contributed by atoms with Crippen LogP contribution in [-0.2, 0) is 14.3 Å². The maximum Gasteiger partial charge on any atom is 0.242 e. The van der Waals surface area contributed by atoms with E-state index in [0.29, 0.717) is 39.1 Å². The summed E-state index contributed by atoms with van der Waals surface area (Å²) in [6.07, 6.45) is 5.68. The van der Waals surface area contributed by atoms with Gasteiger partial charge in [-0.15, -0.1) is 0 Å². The summed E-state index contributed by atoms with van der Waals surface area (Å²) in [5.74, 6) is 0.155. The molecule has 136 valence electrons. The number of ether oxygens (including phenoxy) is 1. The van der Waals surface area contributed by atoms with Gasteiger partial charge in [-0.3, -0.25) is 9.59 Å². The van der Waals surface area contributed by atoms with Crippen molar-refractivity contribution in [2.75, 3.05) is 32.8 Å². The van der Waals surface area contributed by atoms with E-state index < -0.39 is 0 Å². The van der Waals surface area contributed by atoms with Crippen molar-refractivity contribution < 1.29 is 19.4 Å². The van der Waals surface area contributed by atoms with E-state index in [1.165, 1.54) is 0 Å². The summed E-state index contributed by atoms with van der Waals surface area (Å²) in [5.41, 5.74) is -0.161. The van der Waals surface area contributed by atoms with Crippen molar-refractivity contribution in [1.29, 1.82) is 0 Å². The standard InChI is InChI=1S/C18H30N2O4/c1-2-24-15-12-14(21)18(15)7-10-19(11-8-18)17(23)13-20-9-5-3-4-6-16(20)22/h14-15,21H,2-13H2,1H3/t14-,15+/m0/s1. The summed E-state index contributed by atoms with van der Waals surface area (Å²) in [5, 5.41) is 10.2. The number of aliphatic hydroxyl groups excluding tert-OH is 1. The summed E-state index contributed by atoms with van der Waals surface area (Å²) in [7, 11) is 0. The zero-order valence-electron chi connectivity index (χ0n) is 14.7. The van der Waals surface area contributed by atoms with E-state index in [0.717, 1.165) is 32.1 Å². The third-order valence-electron chi connectivity index (χ3n) is 6.15. The van der Waals surface area contributed by atoms with Gasteiger partial charge in [0.05, 0.1) is 18.8 Å². The molecule has 0 bridgehead atoms. The van der Waals surface area contributed by atoms with E-state index in [1.807, 2.05) is 11.8 Å². The zero-order valence-corrected chi connectivity index (χ0v) is 14.7. The molecule has 0 unspecified atom stereocenters. The molecule has 0 radical (unpaired) electrons. The number of amides is 2. The molecule has 6 heteroatoms. The molecule has 2 atom stereocenters. The molecular formula is C18H30N2O4. The normalized spacial score (nSPS) is 30.2. The lowest BCUT2D eigenvalue weighted by Gasteiger charge is -2.56. The van der Waals surface area contributed by atoms with Crippen LogP contribution >= 0.6 is 0 Å². The van der Waals surface area contributed by atoms with Gasteiger partial charge in [0.2, 0.25) is 11.8 Å². The molecule has 0 aromatic rings. The van der Waals surface area contributed by atoms with E-state index in [1.54, 1.807) is 4.90 Å². The molecule has 1 aliphatic carbocycles. The Morgan fingerprint density at radius 1 is 1.25 bits per heavy atom. The van der Waals surface area contributed by atoms with Crippen molar-refractivity contribution in [3.63, 3.8) is 0 Å². The smallest absolute Gasteiger partial charge is 0.242 e. The van der Waals surface area contributed by atoms with Crippen molar-refractivity contribution in [2.24, 2.45) is 5.41 Å². The Balaban J connectivity index is 1.52. The van der Waals surface area contributed by atoms with Crippen LogP contribution in [0.4, 0.5) is 0 Å². The van der Waals surface area contributed by atoms with Crippen molar-refractivity contribution >= 4 is 11.8 Å². The van der Waals surface area contributed by atoms with E-state index in [4.69, 9.17) is 4.74 Å². The Kier molecular flexibility index (Phi) is 5.45. The first kappa shape index (κ1) is 17.7. The van der Waals surface area contributed by atoms with Gasteiger partial charge in [0.25, 0.3) is 0 Å². The largest absolute Gasteiger partial charge is 0.392 e. The van der Waals surface area contributed by atoms with Gasteiger partial charge in [0, 0.05) is 44.5 Å². The minimum absolute atomic E-state index is 0.0434. The number of likely N-dealkylation sites (tertiary alicyclic amines) is 2. The lowest BCUT2D eigenvalue weighted by atomic mass is 9.58. The SMILES string of the molecule is CCO[C@@H]1C[C@H](O)C12CCN(C(=O)CN1CCCCCC1=O)CC2. The van der Waals surface area contributed by atoms with Crippen LogP contribution < -0.4 is 0 Å². The predicted octanol–water partition coefficient (Wildman–Crippen LogP) is 1.17. The molecule has 1 spiro atoms. The molecule has 1 saturated carbocycles. The number of nitrogens with zero attached hydrogens (tertiary/aromatic N) is 2. The van der Waals surface area contributed by atoms with Crippen LogP contribution in [0.1, 0.15) is 51.9 Å². The summed E-state index contributed by atoms with van der Waals surface area (Å²) < 4.78 is 5.77. The number of rotatable bonds is 4. The van der Waals surface area contributed by atoms with Crippen LogP contribution in [-0.4, -0.2) is 71.7 Å². The molecule has 6 nitrogen and oxygen atoms in total. The predicted molar refractivity (Wildman–Crippen MR) is 89.3 cm³/mol. The van der Waals surface area contributed by atoms with Crippen LogP contribution in [0, 0.1) is 5.41 Å². The summed E-state index contributed by atoms with van der Waals surface area (Å²) >= 11 is 0. The molecule has 2 amide bonds. The van der Waals surface area contributed by atoms with E-state index in [9.17, 15) is 14.7 Å². The lowest BCUT2D eigenvalue weighted by molar-refractivity contribution is -0.210. The first-order chi connectivity index (χ1) is 11.6. The van der Waals surface area contributed by atoms with Gasteiger partial charge < -0.3 is 19.6 Å². The van der Waals surface area contributed by atoms with E-state index in [-0.39, 0.29) is 36.0 Å².